The van der Waals surface area contributed by atoms with Gasteiger partial charge in [0, 0.05) is 25.2 Å². The Morgan fingerprint density at radius 3 is 2.32 bits per heavy atom. The smallest absolute Gasteiger partial charge is 0.223 e. The van der Waals surface area contributed by atoms with Crippen LogP contribution in [0.1, 0.15) is 59.3 Å². The first-order valence-electron chi connectivity index (χ1n) is 7.86. The van der Waals surface area contributed by atoms with Crippen molar-refractivity contribution in [1.29, 1.82) is 0 Å². The van der Waals surface area contributed by atoms with Gasteiger partial charge in [-0.15, -0.1) is 0 Å². The van der Waals surface area contributed by atoms with Crippen LogP contribution in [-0.2, 0) is 9.53 Å². The topological polar surface area (TPSA) is 38.3 Å². The molecule has 19 heavy (non-hydrogen) atoms. The Bertz CT molecular complexity index is 302. The average molecular weight is 267 g/mol. The van der Waals surface area contributed by atoms with Gasteiger partial charge in [0.2, 0.25) is 5.91 Å². The second kappa shape index (κ2) is 6.25. The molecule has 0 spiro atoms. The number of nitrogens with one attached hydrogen (secondary N) is 1. The molecule has 1 saturated heterocycles. The molecular weight excluding hydrogens is 238 g/mol. The molecule has 0 unspecified atom stereocenters. The van der Waals surface area contributed by atoms with Crippen molar-refractivity contribution < 1.29 is 9.53 Å². The summed E-state index contributed by atoms with van der Waals surface area (Å²) in [7, 11) is 0. The van der Waals surface area contributed by atoms with Crippen LogP contribution in [0.3, 0.4) is 0 Å². The van der Waals surface area contributed by atoms with Crippen LogP contribution in [0.5, 0.6) is 0 Å². The minimum atomic E-state index is 0.177. The first kappa shape index (κ1) is 14.8. The molecule has 3 nitrogen and oxygen atoms in total. The van der Waals surface area contributed by atoms with Crippen LogP contribution in [0.25, 0.3) is 0 Å². The third-order valence-corrected chi connectivity index (χ3v) is 4.80. The highest BCUT2D eigenvalue weighted by molar-refractivity contribution is 5.79. The summed E-state index contributed by atoms with van der Waals surface area (Å²) in [6.07, 6.45) is 6.74. The van der Waals surface area contributed by atoms with Gasteiger partial charge in [0.05, 0.1) is 0 Å². The molecular formula is C16H29NO2. The van der Waals surface area contributed by atoms with Gasteiger partial charge in [-0.1, -0.05) is 33.6 Å². The van der Waals surface area contributed by atoms with Gasteiger partial charge < -0.3 is 10.1 Å². The number of hydrogen-bond donors (Lipinski definition) is 1. The number of rotatable bonds is 2. The lowest BCUT2D eigenvalue weighted by Crippen LogP contribution is -2.49. The van der Waals surface area contributed by atoms with Crippen LogP contribution in [0.15, 0.2) is 0 Å². The Morgan fingerprint density at radius 1 is 1.05 bits per heavy atom. The molecule has 1 heterocycles. The van der Waals surface area contributed by atoms with Crippen LogP contribution < -0.4 is 5.32 Å². The predicted molar refractivity (Wildman–Crippen MR) is 76.9 cm³/mol. The van der Waals surface area contributed by atoms with E-state index in [2.05, 4.69) is 26.1 Å². The van der Waals surface area contributed by atoms with Crippen molar-refractivity contribution in [3.63, 3.8) is 0 Å². The summed E-state index contributed by atoms with van der Waals surface area (Å²) in [5, 5.41) is 3.35. The Balaban J connectivity index is 1.93. The lowest BCUT2D eigenvalue weighted by atomic mass is 9.69. The molecule has 1 amide bonds. The van der Waals surface area contributed by atoms with Crippen LogP contribution in [-0.4, -0.2) is 25.2 Å². The van der Waals surface area contributed by atoms with Crippen molar-refractivity contribution in [2.24, 2.45) is 17.3 Å². The van der Waals surface area contributed by atoms with Gasteiger partial charge in [-0.3, -0.25) is 4.79 Å². The fourth-order valence-electron chi connectivity index (χ4n) is 3.60. The minimum Gasteiger partial charge on any atom is -0.381 e. The fraction of sp³-hybridized carbons (Fsp3) is 0.938. The number of carbonyl (C=O) groups excluding carboxylic acids is 1. The molecule has 0 aromatic heterocycles. The first-order valence-corrected chi connectivity index (χ1v) is 7.86. The van der Waals surface area contributed by atoms with E-state index in [4.69, 9.17) is 4.74 Å². The van der Waals surface area contributed by atoms with Crippen LogP contribution in [0.4, 0.5) is 0 Å². The van der Waals surface area contributed by atoms with Gasteiger partial charge in [-0.05, 0) is 37.0 Å². The van der Waals surface area contributed by atoms with Crippen LogP contribution in [0.2, 0.25) is 0 Å². The second-order valence-corrected chi connectivity index (χ2v) is 7.26. The summed E-state index contributed by atoms with van der Waals surface area (Å²) in [6.45, 7) is 8.39. The standard InChI is InChI=1S/C16H29NO2/c1-16(2,3)13-6-4-5-7-14(13)17-15(18)12-8-10-19-11-9-12/h12-14H,4-11H2,1-3H3,(H,17,18)/t13-,14-/m0/s1. The third-order valence-electron chi connectivity index (χ3n) is 4.80. The van der Waals surface area contributed by atoms with Crippen LogP contribution in [0, 0.1) is 17.3 Å². The fourth-order valence-corrected chi connectivity index (χ4v) is 3.60. The Hall–Kier alpha value is -0.570. The summed E-state index contributed by atoms with van der Waals surface area (Å²) in [4.78, 5) is 12.4. The minimum absolute atomic E-state index is 0.177. The van der Waals surface area contributed by atoms with Crippen molar-refractivity contribution in [3.8, 4) is 0 Å². The molecule has 2 fully saturated rings. The summed E-state index contributed by atoms with van der Waals surface area (Å²) in [5.41, 5.74) is 0.286. The zero-order valence-electron chi connectivity index (χ0n) is 12.7. The van der Waals surface area contributed by atoms with E-state index < -0.39 is 0 Å². The molecule has 0 aromatic carbocycles. The van der Waals surface area contributed by atoms with Crippen molar-refractivity contribution in [2.75, 3.05) is 13.2 Å². The number of ether oxygens (including phenoxy) is 1. The largest absolute Gasteiger partial charge is 0.381 e. The van der Waals surface area contributed by atoms with Gasteiger partial charge in [0.1, 0.15) is 0 Å². The Kier molecular flexibility index (Phi) is 4.88. The van der Waals surface area contributed by atoms with Crippen molar-refractivity contribution in [3.05, 3.63) is 0 Å². The van der Waals surface area contributed by atoms with Gasteiger partial charge in [0.25, 0.3) is 0 Å². The van der Waals surface area contributed by atoms with Crippen molar-refractivity contribution in [2.45, 2.75) is 65.3 Å². The molecule has 110 valence electrons. The van der Waals surface area contributed by atoms with Crippen molar-refractivity contribution in [1.82, 2.24) is 5.32 Å². The normalized spacial score (nSPS) is 30.1. The van der Waals surface area contributed by atoms with E-state index in [0.717, 1.165) is 32.5 Å². The van der Waals surface area contributed by atoms with E-state index in [1.165, 1.54) is 19.3 Å². The molecule has 1 N–H and O–H groups in total. The monoisotopic (exact) mass is 267 g/mol. The van der Waals surface area contributed by atoms with E-state index >= 15 is 0 Å². The van der Waals surface area contributed by atoms with E-state index in [0.29, 0.717) is 12.0 Å². The maximum Gasteiger partial charge on any atom is 0.223 e. The number of hydrogen-bond acceptors (Lipinski definition) is 2. The summed E-state index contributed by atoms with van der Waals surface area (Å²) in [5.74, 6) is 1.06. The Labute approximate surface area is 117 Å². The molecule has 3 heteroatoms. The van der Waals surface area contributed by atoms with E-state index in [1.807, 2.05) is 0 Å². The summed E-state index contributed by atoms with van der Waals surface area (Å²) < 4.78 is 5.34. The predicted octanol–water partition coefficient (Wildman–Crippen LogP) is 3.13. The summed E-state index contributed by atoms with van der Waals surface area (Å²) in [6, 6.07) is 0.379. The second-order valence-electron chi connectivity index (χ2n) is 7.26. The molecule has 2 atom stereocenters. The molecule has 1 aliphatic heterocycles. The molecule has 0 aromatic rings. The van der Waals surface area contributed by atoms with E-state index in [1.54, 1.807) is 0 Å². The highest BCUT2D eigenvalue weighted by Gasteiger charge is 2.36. The number of carbonyl (C=O) groups is 1. The van der Waals surface area contributed by atoms with Crippen molar-refractivity contribution >= 4 is 5.91 Å². The van der Waals surface area contributed by atoms with Gasteiger partial charge >= 0.3 is 0 Å². The molecule has 1 aliphatic carbocycles. The quantitative estimate of drug-likeness (QED) is 0.834. The lowest BCUT2D eigenvalue weighted by Gasteiger charge is -2.41. The van der Waals surface area contributed by atoms with Gasteiger partial charge in [0.15, 0.2) is 0 Å². The zero-order chi connectivity index (χ0) is 13.9. The molecule has 2 aliphatic rings. The molecule has 2 rings (SSSR count). The summed E-state index contributed by atoms with van der Waals surface area (Å²) >= 11 is 0. The highest BCUT2D eigenvalue weighted by Crippen LogP contribution is 2.38. The molecule has 1 saturated carbocycles. The number of amides is 1. The van der Waals surface area contributed by atoms with Crippen LogP contribution >= 0.6 is 0 Å². The Morgan fingerprint density at radius 2 is 1.68 bits per heavy atom. The SMILES string of the molecule is CC(C)(C)[C@H]1CCCC[C@@H]1NC(=O)C1CCOCC1. The lowest BCUT2D eigenvalue weighted by molar-refractivity contribution is -0.129. The molecule has 0 bridgehead atoms. The highest BCUT2D eigenvalue weighted by atomic mass is 16.5. The molecule has 0 radical (unpaired) electrons. The maximum atomic E-state index is 12.4. The average Bonchev–Trinajstić information content (AvgIpc) is 2.39. The maximum absolute atomic E-state index is 12.4. The first-order chi connectivity index (χ1) is 8.98. The van der Waals surface area contributed by atoms with E-state index in [9.17, 15) is 4.79 Å². The van der Waals surface area contributed by atoms with Gasteiger partial charge in [-0.2, -0.15) is 0 Å². The van der Waals surface area contributed by atoms with E-state index in [-0.39, 0.29) is 17.2 Å². The zero-order valence-corrected chi connectivity index (χ0v) is 12.7. The van der Waals surface area contributed by atoms with Gasteiger partial charge in [-0.25, -0.2) is 0 Å². The third kappa shape index (κ3) is 3.95.